The minimum absolute atomic E-state index is 0.195. The van der Waals surface area contributed by atoms with Gasteiger partial charge in [-0.15, -0.1) is 0 Å². The SMILES string of the molecule is CCc1c(C#CCOC)[nH]c(C=O)c1C(=O)OC. The molecule has 0 aromatic carbocycles. The molecule has 0 amide bonds. The van der Waals surface area contributed by atoms with Crippen LogP contribution in [0.5, 0.6) is 0 Å². The molecule has 0 unspecified atom stereocenters. The van der Waals surface area contributed by atoms with E-state index in [2.05, 4.69) is 21.6 Å². The van der Waals surface area contributed by atoms with Gasteiger partial charge < -0.3 is 14.5 Å². The van der Waals surface area contributed by atoms with E-state index >= 15 is 0 Å². The summed E-state index contributed by atoms with van der Waals surface area (Å²) in [5.41, 5.74) is 1.70. The highest BCUT2D eigenvalue weighted by Crippen LogP contribution is 2.19. The molecule has 1 heterocycles. The Balaban J connectivity index is 3.30. The second-order valence-corrected chi connectivity index (χ2v) is 3.47. The summed E-state index contributed by atoms with van der Waals surface area (Å²) in [4.78, 5) is 25.4. The van der Waals surface area contributed by atoms with E-state index in [4.69, 9.17) is 4.74 Å². The van der Waals surface area contributed by atoms with Gasteiger partial charge in [0, 0.05) is 12.7 Å². The van der Waals surface area contributed by atoms with Crippen molar-refractivity contribution in [1.82, 2.24) is 4.98 Å². The van der Waals surface area contributed by atoms with Crippen molar-refractivity contribution in [2.75, 3.05) is 20.8 Å². The van der Waals surface area contributed by atoms with Gasteiger partial charge in [0.15, 0.2) is 6.29 Å². The minimum Gasteiger partial charge on any atom is -0.465 e. The fraction of sp³-hybridized carbons (Fsp3) is 0.385. The van der Waals surface area contributed by atoms with Crippen LogP contribution >= 0.6 is 0 Å². The van der Waals surface area contributed by atoms with E-state index < -0.39 is 5.97 Å². The first kappa shape index (κ1) is 14.0. The first-order valence-corrected chi connectivity index (χ1v) is 5.45. The number of aromatic amines is 1. The third kappa shape index (κ3) is 2.79. The molecule has 5 nitrogen and oxygen atoms in total. The fourth-order valence-electron chi connectivity index (χ4n) is 1.64. The largest absolute Gasteiger partial charge is 0.465 e. The van der Waals surface area contributed by atoms with Crippen LogP contribution < -0.4 is 0 Å². The third-order valence-electron chi connectivity index (χ3n) is 2.42. The zero-order chi connectivity index (χ0) is 13.5. The zero-order valence-corrected chi connectivity index (χ0v) is 10.6. The molecule has 0 aliphatic carbocycles. The molecule has 0 atom stereocenters. The molecule has 0 spiro atoms. The van der Waals surface area contributed by atoms with Gasteiger partial charge in [0.05, 0.1) is 24.1 Å². The predicted octanol–water partition coefficient (Wildman–Crippen LogP) is 1.17. The maximum atomic E-state index is 11.6. The predicted molar refractivity (Wildman–Crippen MR) is 65.7 cm³/mol. The molecule has 96 valence electrons. The van der Waals surface area contributed by atoms with Crippen molar-refractivity contribution >= 4 is 12.3 Å². The Hall–Kier alpha value is -2.06. The van der Waals surface area contributed by atoms with E-state index in [0.29, 0.717) is 24.0 Å². The van der Waals surface area contributed by atoms with Gasteiger partial charge in [-0.3, -0.25) is 4.79 Å². The van der Waals surface area contributed by atoms with Gasteiger partial charge in [-0.2, -0.15) is 0 Å². The van der Waals surface area contributed by atoms with Gasteiger partial charge in [0.1, 0.15) is 6.61 Å². The van der Waals surface area contributed by atoms with Crippen LogP contribution in [-0.4, -0.2) is 38.1 Å². The quantitative estimate of drug-likeness (QED) is 0.494. The number of ether oxygens (including phenoxy) is 2. The van der Waals surface area contributed by atoms with Gasteiger partial charge >= 0.3 is 5.97 Å². The van der Waals surface area contributed by atoms with Gasteiger partial charge in [-0.05, 0) is 12.3 Å². The standard InChI is InChI=1S/C13H15NO4/c1-4-9-10(6-5-7-17-2)14-11(8-15)12(9)13(16)18-3/h8,14H,4,7H2,1-3H3. The molecule has 0 aliphatic heterocycles. The molecule has 5 heteroatoms. The summed E-state index contributed by atoms with van der Waals surface area (Å²) in [5, 5.41) is 0. The van der Waals surface area contributed by atoms with Crippen LogP contribution in [0.3, 0.4) is 0 Å². The molecule has 0 saturated carbocycles. The first-order valence-electron chi connectivity index (χ1n) is 5.45. The number of H-pyrrole nitrogens is 1. The second kappa shape index (κ2) is 6.62. The van der Waals surface area contributed by atoms with Crippen molar-refractivity contribution in [2.45, 2.75) is 13.3 Å². The van der Waals surface area contributed by atoms with Crippen molar-refractivity contribution in [3.05, 3.63) is 22.5 Å². The fourth-order valence-corrected chi connectivity index (χ4v) is 1.64. The maximum Gasteiger partial charge on any atom is 0.340 e. The molecule has 1 aromatic heterocycles. The number of nitrogens with one attached hydrogen (secondary N) is 1. The summed E-state index contributed by atoms with van der Waals surface area (Å²) in [5.74, 6) is 5.08. The molecule has 0 aliphatic rings. The Bertz CT molecular complexity index is 505. The number of carbonyl (C=O) groups is 2. The van der Waals surface area contributed by atoms with Crippen molar-refractivity contribution in [3.63, 3.8) is 0 Å². The van der Waals surface area contributed by atoms with Crippen LogP contribution in [-0.2, 0) is 15.9 Å². The summed E-state index contributed by atoms with van der Waals surface area (Å²) in [6.07, 6.45) is 1.17. The highest BCUT2D eigenvalue weighted by atomic mass is 16.5. The van der Waals surface area contributed by atoms with Crippen molar-refractivity contribution in [1.29, 1.82) is 0 Å². The first-order chi connectivity index (χ1) is 8.69. The summed E-state index contributed by atoms with van der Waals surface area (Å²) in [6.45, 7) is 2.16. The summed E-state index contributed by atoms with van der Waals surface area (Å²) >= 11 is 0. The molecule has 18 heavy (non-hydrogen) atoms. The molecule has 0 radical (unpaired) electrons. The molecule has 0 saturated heterocycles. The molecule has 0 fully saturated rings. The lowest BCUT2D eigenvalue weighted by atomic mass is 10.1. The van der Waals surface area contributed by atoms with Crippen LogP contribution in [0.4, 0.5) is 0 Å². The topological polar surface area (TPSA) is 68.4 Å². The number of hydrogen-bond acceptors (Lipinski definition) is 4. The van der Waals surface area contributed by atoms with Crippen LogP contribution in [0, 0.1) is 11.8 Å². The highest BCUT2D eigenvalue weighted by Gasteiger charge is 2.21. The summed E-state index contributed by atoms with van der Waals surface area (Å²) < 4.78 is 9.49. The second-order valence-electron chi connectivity index (χ2n) is 3.47. The van der Waals surface area contributed by atoms with E-state index in [1.54, 1.807) is 7.11 Å². The third-order valence-corrected chi connectivity index (χ3v) is 2.42. The number of carbonyl (C=O) groups excluding carboxylic acids is 2. The lowest BCUT2D eigenvalue weighted by Crippen LogP contribution is -2.06. The molecule has 0 bridgehead atoms. The number of methoxy groups -OCH3 is 2. The Morgan fingerprint density at radius 1 is 1.44 bits per heavy atom. The zero-order valence-electron chi connectivity index (χ0n) is 10.6. The van der Waals surface area contributed by atoms with Crippen molar-refractivity contribution < 1.29 is 19.1 Å². The molecule has 1 rings (SSSR count). The van der Waals surface area contributed by atoms with Crippen molar-refractivity contribution in [2.24, 2.45) is 0 Å². The Labute approximate surface area is 105 Å². The maximum absolute atomic E-state index is 11.6. The monoisotopic (exact) mass is 249 g/mol. The van der Waals surface area contributed by atoms with Crippen LogP contribution in [0.15, 0.2) is 0 Å². The van der Waals surface area contributed by atoms with Gasteiger partial charge in [-0.25, -0.2) is 4.79 Å². The lowest BCUT2D eigenvalue weighted by Gasteiger charge is -2.00. The van der Waals surface area contributed by atoms with Crippen LogP contribution in [0.25, 0.3) is 0 Å². The van der Waals surface area contributed by atoms with Gasteiger partial charge in [0.25, 0.3) is 0 Å². The Morgan fingerprint density at radius 2 is 2.17 bits per heavy atom. The molecule has 1 N–H and O–H groups in total. The van der Waals surface area contributed by atoms with Gasteiger partial charge in [0.2, 0.25) is 0 Å². The van der Waals surface area contributed by atoms with E-state index in [-0.39, 0.29) is 17.9 Å². The van der Waals surface area contributed by atoms with E-state index in [9.17, 15) is 9.59 Å². The van der Waals surface area contributed by atoms with Crippen LogP contribution in [0.2, 0.25) is 0 Å². The van der Waals surface area contributed by atoms with E-state index in [0.717, 1.165) is 0 Å². The molecular formula is C13H15NO4. The van der Waals surface area contributed by atoms with Gasteiger partial charge in [-0.1, -0.05) is 12.8 Å². The number of aldehydes is 1. The summed E-state index contributed by atoms with van der Waals surface area (Å²) in [7, 11) is 2.82. The normalized spacial score (nSPS) is 9.50. The minimum atomic E-state index is -0.537. The Morgan fingerprint density at radius 3 is 2.67 bits per heavy atom. The molecule has 1 aromatic rings. The highest BCUT2D eigenvalue weighted by molar-refractivity contribution is 5.99. The smallest absolute Gasteiger partial charge is 0.340 e. The summed E-state index contributed by atoms with van der Waals surface area (Å²) in [6, 6.07) is 0. The van der Waals surface area contributed by atoms with Crippen LogP contribution in [0.1, 0.15) is 39.0 Å². The van der Waals surface area contributed by atoms with E-state index in [1.807, 2.05) is 6.92 Å². The van der Waals surface area contributed by atoms with Crippen molar-refractivity contribution in [3.8, 4) is 11.8 Å². The number of esters is 1. The number of rotatable bonds is 4. The number of aromatic nitrogens is 1. The number of hydrogen-bond donors (Lipinski definition) is 1. The molecular weight excluding hydrogens is 234 g/mol. The Kier molecular flexibility index (Phi) is 5.15. The van der Waals surface area contributed by atoms with E-state index in [1.165, 1.54) is 7.11 Å². The average molecular weight is 249 g/mol. The average Bonchev–Trinajstić information content (AvgIpc) is 2.75. The lowest BCUT2D eigenvalue weighted by molar-refractivity contribution is 0.0597.